The minimum Gasteiger partial charge on any atom is -0.284 e. The van der Waals surface area contributed by atoms with E-state index >= 15 is 0 Å². The number of hydrogen-bond acceptors (Lipinski definition) is 2. The van der Waals surface area contributed by atoms with Crippen molar-refractivity contribution in [3.05, 3.63) is 0 Å². The molecule has 0 aromatic rings. The number of terminal acetylenes is 1. The van der Waals surface area contributed by atoms with E-state index in [-0.39, 0.29) is 6.61 Å². The predicted molar refractivity (Wildman–Crippen MR) is 30.2 cm³/mol. The van der Waals surface area contributed by atoms with Crippen molar-refractivity contribution in [3.8, 4) is 12.3 Å². The Balaban J connectivity index is 2.97. The molecule has 0 aromatic carbocycles. The van der Waals surface area contributed by atoms with Gasteiger partial charge in [-0.25, -0.2) is 0 Å². The summed E-state index contributed by atoms with van der Waals surface area (Å²) in [6.07, 6.45) is 5.17. The van der Waals surface area contributed by atoms with Crippen LogP contribution in [-0.2, 0) is 15.5 Å². The molecule has 0 aliphatic carbocycles. The van der Waals surface area contributed by atoms with Crippen LogP contribution in [0.5, 0.6) is 0 Å². The summed E-state index contributed by atoms with van der Waals surface area (Å²) < 4.78 is 21.8. The van der Waals surface area contributed by atoms with Gasteiger partial charge in [-0.05, 0) is 0 Å². The molecule has 0 saturated heterocycles. The zero-order valence-corrected chi connectivity index (χ0v) is 4.98. The van der Waals surface area contributed by atoms with Crippen molar-refractivity contribution in [1.82, 2.24) is 0 Å². The normalized spacial score (nSPS) is 12.5. The summed E-state index contributed by atoms with van der Waals surface area (Å²) in [4.78, 5) is 0. The van der Waals surface area contributed by atoms with Crippen molar-refractivity contribution in [2.45, 2.75) is 6.42 Å². The topological polar surface area (TPSA) is 46.5 Å². The van der Waals surface area contributed by atoms with E-state index in [4.69, 9.17) is 11.0 Å². The highest BCUT2D eigenvalue weighted by Crippen LogP contribution is 1.81. The Bertz CT molecular complexity index is 115. The summed E-state index contributed by atoms with van der Waals surface area (Å²) in [6, 6.07) is 0. The van der Waals surface area contributed by atoms with E-state index in [9.17, 15) is 4.21 Å². The first-order valence-electron chi connectivity index (χ1n) is 1.95. The zero-order chi connectivity index (χ0) is 6.41. The van der Waals surface area contributed by atoms with E-state index in [2.05, 4.69) is 10.1 Å². The summed E-state index contributed by atoms with van der Waals surface area (Å²) >= 11 is -2.16. The SMILES string of the molecule is C#CCCOS(=O)O. The maximum absolute atomic E-state index is 9.69. The molecule has 0 rings (SSSR count). The van der Waals surface area contributed by atoms with Gasteiger partial charge in [0.1, 0.15) is 0 Å². The summed E-state index contributed by atoms with van der Waals surface area (Å²) in [7, 11) is 0. The van der Waals surface area contributed by atoms with E-state index in [1.807, 2.05) is 0 Å². The molecular formula is C4H6O3S. The van der Waals surface area contributed by atoms with Crippen LogP contribution in [0.4, 0.5) is 0 Å². The fourth-order valence-electron chi connectivity index (χ4n) is 0.172. The minimum atomic E-state index is -2.16. The third-order valence-corrected chi connectivity index (χ3v) is 0.799. The highest BCUT2D eigenvalue weighted by molar-refractivity contribution is 7.74. The largest absolute Gasteiger partial charge is 0.301 e. The van der Waals surface area contributed by atoms with Gasteiger partial charge in [-0.15, -0.1) is 12.3 Å². The van der Waals surface area contributed by atoms with Gasteiger partial charge < -0.3 is 0 Å². The molecular weight excluding hydrogens is 128 g/mol. The third-order valence-electron chi connectivity index (χ3n) is 0.431. The number of hydrogen-bond donors (Lipinski definition) is 1. The quantitative estimate of drug-likeness (QED) is 0.340. The molecule has 8 heavy (non-hydrogen) atoms. The molecule has 0 spiro atoms. The molecule has 46 valence electrons. The van der Waals surface area contributed by atoms with Gasteiger partial charge in [-0.1, -0.05) is 0 Å². The fraction of sp³-hybridized carbons (Fsp3) is 0.500. The lowest BCUT2D eigenvalue weighted by molar-refractivity contribution is 0.315. The van der Waals surface area contributed by atoms with Gasteiger partial charge in [0, 0.05) is 6.42 Å². The molecule has 1 atom stereocenters. The predicted octanol–water partition coefficient (Wildman–Crippen LogP) is 0.163. The van der Waals surface area contributed by atoms with Crippen LogP contribution in [0, 0.1) is 12.3 Å². The Labute approximate surface area is 50.5 Å². The Hall–Kier alpha value is -0.370. The zero-order valence-electron chi connectivity index (χ0n) is 4.16. The second kappa shape index (κ2) is 4.78. The monoisotopic (exact) mass is 134 g/mol. The van der Waals surface area contributed by atoms with Crippen LogP contribution in [0.1, 0.15) is 6.42 Å². The molecule has 0 heterocycles. The van der Waals surface area contributed by atoms with Gasteiger partial charge >= 0.3 is 11.4 Å². The highest BCUT2D eigenvalue weighted by Gasteiger charge is 1.88. The molecule has 0 fully saturated rings. The van der Waals surface area contributed by atoms with E-state index in [1.165, 1.54) is 0 Å². The van der Waals surface area contributed by atoms with E-state index in [1.54, 1.807) is 0 Å². The molecule has 0 aliphatic heterocycles. The van der Waals surface area contributed by atoms with E-state index in [0.717, 1.165) is 0 Å². The lowest BCUT2D eigenvalue weighted by atomic mass is 10.5. The average molecular weight is 134 g/mol. The molecule has 1 N–H and O–H groups in total. The summed E-state index contributed by atoms with van der Waals surface area (Å²) in [5, 5.41) is 0. The Morgan fingerprint density at radius 2 is 2.50 bits per heavy atom. The smallest absolute Gasteiger partial charge is 0.284 e. The molecule has 0 radical (unpaired) electrons. The molecule has 1 unspecified atom stereocenters. The molecule has 0 bridgehead atoms. The lowest BCUT2D eigenvalue weighted by Gasteiger charge is -1.89. The van der Waals surface area contributed by atoms with Crippen LogP contribution < -0.4 is 0 Å². The molecule has 0 saturated carbocycles. The van der Waals surface area contributed by atoms with Gasteiger partial charge in [0.25, 0.3) is 0 Å². The maximum atomic E-state index is 9.69. The van der Waals surface area contributed by atoms with Gasteiger partial charge in [-0.3, -0.25) is 8.74 Å². The van der Waals surface area contributed by atoms with Gasteiger partial charge in [0.05, 0.1) is 6.61 Å². The molecule has 0 aliphatic rings. The van der Waals surface area contributed by atoms with Crippen molar-refractivity contribution < 1.29 is 12.9 Å². The average Bonchev–Trinajstić information content (AvgIpc) is 1.66. The van der Waals surface area contributed by atoms with Crippen LogP contribution in [0.3, 0.4) is 0 Å². The fourth-order valence-corrected chi connectivity index (χ4v) is 0.398. The Morgan fingerprint density at radius 3 is 2.88 bits per heavy atom. The van der Waals surface area contributed by atoms with Crippen molar-refractivity contribution >= 4 is 11.4 Å². The summed E-state index contributed by atoms with van der Waals surface area (Å²) in [6.45, 7) is 0.139. The summed E-state index contributed by atoms with van der Waals surface area (Å²) in [5.74, 6) is 2.25. The van der Waals surface area contributed by atoms with Crippen LogP contribution in [0.25, 0.3) is 0 Å². The second-order valence-corrected chi connectivity index (χ2v) is 1.66. The molecule has 0 amide bonds. The van der Waals surface area contributed by atoms with Crippen molar-refractivity contribution in [1.29, 1.82) is 0 Å². The van der Waals surface area contributed by atoms with E-state index in [0.29, 0.717) is 6.42 Å². The van der Waals surface area contributed by atoms with Crippen molar-refractivity contribution in [2.75, 3.05) is 6.61 Å². The van der Waals surface area contributed by atoms with E-state index < -0.39 is 11.4 Å². The van der Waals surface area contributed by atoms with Crippen LogP contribution in [0.15, 0.2) is 0 Å². The van der Waals surface area contributed by atoms with Crippen LogP contribution in [-0.4, -0.2) is 15.4 Å². The van der Waals surface area contributed by atoms with Crippen molar-refractivity contribution in [2.24, 2.45) is 0 Å². The van der Waals surface area contributed by atoms with Gasteiger partial charge in [0.15, 0.2) is 0 Å². The Kier molecular flexibility index (Phi) is 4.56. The summed E-state index contributed by atoms with van der Waals surface area (Å²) in [5.41, 5.74) is 0. The maximum Gasteiger partial charge on any atom is 0.301 e. The van der Waals surface area contributed by atoms with Crippen LogP contribution in [0.2, 0.25) is 0 Å². The van der Waals surface area contributed by atoms with Crippen LogP contribution >= 0.6 is 0 Å². The molecule has 3 nitrogen and oxygen atoms in total. The lowest BCUT2D eigenvalue weighted by Crippen LogP contribution is -1.95. The first-order chi connectivity index (χ1) is 3.77. The minimum absolute atomic E-state index is 0.139. The third kappa shape index (κ3) is 5.63. The van der Waals surface area contributed by atoms with Crippen molar-refractivity contribution in [3.63, 3.8) is 0 Å². The van der Waals surface area contributed by atoms with Gasteiger partial charge in [0.2, 0.25) is 0 Å². The highest BCUT2D eigenvalue weighted by atomic mass is 32.2. The second-order valence-electron chi connectivity index (χ2n) is 0.993. The first kappa shape index (κ1) is 7.63. The molecule has 0 aromatic heterocycles. The Morgan fingerprint density at radius 1 is 1.88 bits per heavy atom. The van der Waals surface area contributed by atoms with Gasteiger partial charge in [-0.2, -0.15) is 4.21 Å². The first-order valence-corrected chi connectivity index (χ1v) is 2.98. The molecule has 4 heteroatoms. The standard InChI is InChI=1S/C4H6O3S/c1-2-3-4-7-8(5)6/h1H,3-4H2,(H,5,6). The number of rotatable bonds is 3.